The van der Waals surface area contributed by atoms with Crippen LogP contribution in [0.25, 0.3) is 0 Å². The summed E-state index contributed by atoms with van der Waals surface area (Å²) >= 11 is 3.93. The minimum Gasteiger partial charge on any atom is -0.492 e. The fourth-order valence-electron chi connectivity index (χ4n) is 2.35. The van der Waals surface area contributed by atoms with Gasteiger partial charge >= 0.3 is 5.97 Å². The Morgan fingerprint density at radius 1 is 1.33 bits per heavy atom. The summed E-state index contributed by atoms with van der Waals surface area (Å²) in [6.07, 6.45) is 0. The van der Waals surface area contributed by atoms with Crippen LogP contribution in [0.15, 0.2) is 47.4 Å². The van der Waals surface area contributed by atoms with E-state index in [4.69, 9.17) is 4.74 Å². The molecule has 0 spiro atoms. The van der Waals surface area contributed by atoms with E-state index in [-0.39, 0.29) is 5.56 Å². The Balaban J connectivity index is 1.76. The number of halogens is 1. The molecule has 1 unspecified atom stereocenters. The summed E-state index contributed by atoms with van der Waals surface area (Å²) in [6.45, 7) is 0.505. The molecule has 1 aliphatic rings. The molecule has 3 nitrogen and oxygen atoms in total. The first-order valence-electron chi connectivity index (χ1n) is 6.52. The highest BCUT2D eigenvalue weighted by atomic mass is 127. The molecule has 5 heteroatoms. The van der Waals surface area contributed by atoms with E-state index in [1.165, 1.54) is 10.5 Å². The molecule has 0 amide bonds. The molecule has 0 bridgehead atoms. The molecular formula is C16H13IO3S. The molecule has 3 rings (SSSR count). The molecule has 1 heterocycles. The molecular weight excluding hydrogens is 399 g/mol. The average Bonchev–Trinajstić information content (AvgIpc) is 2.89. The van der Waals surface area contributed by atoms with Gasteiger partial charge in [-0.25, -0.2) is 4.79 Å². The summed E-state index contributed by atoms with van der Waals surface area (Å²) < 4.78 is 6.68. The number of thioether (sulfide) groups is 1. The van der Waals surface area contributed by atoms with Gasteiger partial charge in [0.1, 0.15) is 11.3 Å². The molecule has 0 aliphatic carbocycles. The first-order chi connectivity index (χ1) is 10.1. The molecule has 108 valence electrons. The maximum absolute atomic E-state index is 11.3. The van der Waals surface area contributed by atoms with Gasteiger partial charge in [0.15, 0.2) is 0 Å². The topological polar surface area (TPSA) is 46.5 Å². The third-order valence-corrected chi connectivity index (χ3v) is 5.33. The van der Waals surface area contributed by atoms with Gasteiger partial charge in [0.2, 0.25) is 0 Å². The van der Waals surface area contributed by atoms with Crippen LogP contribution >= 0.6 is 34.4 Å². The van der Waals surface area contributed by atoms with Crippen molar-refractivity contribution in [1.29, 1.82) is 0 Å². The van der Waals surface area contributed by atoms with Crippen molar-refractivity contribution < 1.29 is 14.6 Å². The zero-order chi connectivity index (χ0) is 14.8. The third kappa shape index (κ3) is 3.18. The van der Waals surface area contributed by atoms with Crippen LogP contribution < -0.4 is 4.74 Å². The van der Waals surface area contributed by atoms with Crippen molar-refractivity contribution >= 4 is 40.3 Å². The van der Waals surface area contributed by atoms with Crippen LogP contribution in [-0.2, 0) is 0 Å². The van der Waals surface area contributed by atoms with Crippen LogP contribution in [0, 0.1) is 3.57 Å². The van der Waals surface area contributed by atoms with E-state index in [1.54, 1.807) is 12.1 Å². The van der Waals surface area contributed by atoms with Crippen LogP contribution in [0.2, 0.25) is 0 Å². The summed E-state index contributed by atoms with van der Waals surface area (Å²) in [5.41, 5.74) is 1.52. The standard InChI is InChI=1S/C16H13IO3S/c17-11-5-6-14(13(7-11)16(18)19)20-8-10-9-21-15-4-2-1-3-12(10)15/h1-7,10H,8-9H2,(H,18,19). The zero-order valence-electron chi connectivity index (χ0n) is 11.1. The number of aromatic carboxylic acids is 1. The molecule has 0 fully saturated rings. The molecule has 2 aromatic rings. The molecule has 0 saturated heterocycles. The largest absolute Gasteiger partial charge is 0.492 e. The molecule has 1 aliphatic heterocycles. The van der Waals surface area contributed by atoms with Gasteiger partial charge in [-0.2, -0.15) is 0 Å². The fourth-order valence-corrected chi connectivity index (χ4v) is 4.08. The van der Waals surface area contributed by atoms with Gasteiger partial charge in [-0.15, -0.1) is 11.8 Å². The molecule has 0 radical (unpaired) electrons. The van der Waals surface area contributed by atoms with E-state index in [1.807, 2.05) is 30.0 Å². The lowest BCUT2D eigenvalue weighted by molar-refractivity contribution is 0.0692. The van der Waals surface area contributed by atoms with Crippen LogP contribution in [-0.4, -0.2) is 23.4 Å². The number of fused-ring (bicyclic) bond motifs is 1. The number of hydrogen-bond acceptors (Lipinski definition) is 3. The average molecular weight is 412 g/mol. The van der Waals surface area contributed by atoms with Crippen molar-refractivity contribution in [2.24, 2.45) is 0 Å². The predicted octanol–water partition coefficient (Wildman–Crippen LogP) is 4.26. The van der Waals surface area contributed by atoms with Crippen molar-refractivity contribution in [3.63, 3.8) is 0 Å². The fraction of sp³-hybridized carbons (Fsp3) is 0.188. The van der Waals surface area contributed by atoms with E-state index in [0.29, 0.717) is 18.3 Å². The van der Waals surface area contributed by atoms with Crippen molar-refractivity contribution in [3.05, 3.63) is 57.2 Å². The second-order valence-electron chi connectivity index (χ2n) is 4.80. The third-order valence-electron chi connectivity index (χ3n) is 3.41. The van der Waals surface area contributed by atoms with Gasteiger partial charge in [-0.05, 0) is 52.4 Å². The second kappa shape index (κ2) is 6.27. The van der Waals surface area contributed by atoms with Crippen molar-refractivity contribution in [1.82, 2.24) is 0 Å². The molecule has 1 N–H and O–H groups in total. The van der Waals surface area contributed by atoms with E-state index >= 15 is 0 Å². The van der Waals surface area contributed by atoms with E-state index < -0.39 is 5.97 Å². The van der Waals surface area contributed by atoms with Crippen LogP contribution in [0.5, 0.6) is 5.75 Å². The van der Waals surface area contributed by atoms with E-state index in [2.05, 4.69) is 34.7 Å². The van der Waals surface area contributed by atoms with Gasteiger partial charge in [0, 0.05) is 20.1 Å². The number of benzene rings is 2. The quantitative estimate of drug-likeness (QED) is 0.763. The normalized spacial score (nSPS) is 16.5. The van der Waals surface area contributed by atoms with Crippen LogP contribution in [0.4, 0.5) is 0 Å². The molecule has 1 atom stereocenters. The summed E-state index contributed by atoms with van der Waals surface area (Å²) in [7, 11) is 0. The molecule has 0 saturated carbocycles. The van der Waals surface area contributed by atoms with Crippen molar-refractivity contribution in [2.75, 3.05) is 12.4 Å². The lowest BCUT2D eigenvalue weighted by Gasteiger charge is -2.14. The molecule has 21 heavy (non-hydrogen) atoms. The number of rotatable bonds is 4. The Kier molecular flexibility index (Phi) is 4.40. The Morgan fingerprint density at radius 2 is 2.14 bits per heavy atom. The highest BCUT2D eigenvalue weighted by molar-refractivity contribution is 14.1. The number of carboxylic acid groups (broad SMARTS) is 1. The Bertz CT molecular complexity index is 687. The SMILES string of the molecule is O=C(O)c1cc(I)ccc1OCC1CSc2ccccc21. The van der Waals surface area contributed by atoms with E-state index in [0.717, 1.165) is 9.32 Å². The van der Waals surface area contributed by atoms with Gasteiger partial charge in [0.05, 0.1) is 6.61 Å². The van der Waals surface area contributed by atoms with E-state index in [9.17, 15) is 9.90 Å². The number of carboxylic acids is 1. The number of ether oxygens (including phenoxy) is 1. The number of carbonyl (C=O) groups is 1. The van der Waals surface area contributed by atoms with Crippen LogP contribution in [0.1, 0.15) is 21.8 Å². The summed E-state index contributed by atoms with van der Waals surface area (Å²) in [4.78, 5) is 12.6. The minimum absolute atomic E-state index is 0.223. The van der Waals surface area contributed by atoms with Gasteiger partial charge in [0.25, 0.3) is 0 Å². The zero-order valence-corrected chi connectivity index (χ0v) is 14.1. The maximum atomic E-state index is 11.3. The minimum atomic E-state index is -0.954. The predicted molar refractivity (Wildman–Crippen MR) is 91.5 cm³/mol. The first kappa shape index (κ1) is 14.7. The highest BCUT2D eigenvalue weighted by Crippen LogP contribution is 2.39. The van der Waals surface area contributed by atoms with Gasteiger partial charge in [-0.1, -0.05) is 18.2 Å². The number of hydrogen-bond donors (Lipinski definition) is 1. The first-order valence-corrected chi connectivity index (χ1v) is 8.59. The van der Waals surface area contributed by atoms with Crippen molar-refractivity contribution in [2.45, 2.75) is 10.8 Å². The lowest BCUT2D eigenvalue weighted by Crippen LogP contribution is -2.12. The summed E-state index contributed by atoms with van der Waals surface area (Å²) in [5, 5.41) is 9.25. The highest BCUT2D eigenvalue weighted by Gasteiger charge is 2.24. The van der Waals surface area contributed by atoms with Gasteiger partial charge in [-0.3, -0.25) is 0 Å². The van der Waals surface area contributed by atoms with Crippen molar-refractivity contribution in [3.8, 4) is 5.75 Å². The molecule has 0 aromatic heterocycles. The Labute approximate surface area is 140 Å². The maximum Gasteiger partial charge on any atom is 0.339 e. The second-order valence-corrected chi connectivity index (χ2v) is 7.11. The smallest absolute Gasteiger partial charge is 0.339 e. The Morgan fingerprint density at radius 3 is 2.95 bits per heavy atom. The lowest BCUT2D eigenvalue weighted by atomic mass is 10.0. The van der Waals surface area contributed by atoms with Gasteiger partial charge < -0.3 is 9.84 Å². The summed E-state index contributed by atoms with van der Waals surface area (Å²) in [5.74, 6) is 0.778. The molecule has 2 aromatic carbocycles. The summed E-state index contributed by atoms with van der Waals surface area (Å²) in [6, 6.07) is 13.5. The monoisotopic (exact) mass is 412 g/mol. The van der Waals surface area contributed by atoms with Crippen LogP contribution in [0.3, 0.4) is 0 Å². The Hall–Kier alpha value is -1.21.